The SMILES string of the molecule is C=C(c1cc(-c2ccc(OC)cc2)on1)c1ccc(OC)cc1NCC. The summed E-state index contributed by atoms with van der Waals surface area (Å²) in [5.74, 6) is 2.27. The smallest absolute Gasteiger partial charge is 0.167 e. The first-order valence-corrected chi connectivity index (χ1v) is 8.39. The van der Waals surface area contributed by atoms with E-state index in [4.69, 9.17) is 14.0 Å². The number of aromatic nitrogens is 1. The van der Waals surface area contributed by atoms with E-state index >= 15 is 0 Å². The lowest BCUT2D eigenvalue weighted by Gasteiger charge is -2.13. The van der Waals surface area contributed by atoms with Crippen LogP contribution in [0.1, 0.15) is 18.2 Å². The Bertz CT molecular complexity index is 898. The van der Waals surface area contributed by atoms with Crippen LogP contribution in [0.15, 0.2) is 59.6 Å². The van der Waals surface area contributed by atoms with Crippen LogP contribution in [0.3, 0.4) is 0 Å². The summed E-state index contributed by atoms with van der Waals surface area (Å²) in [6, 6.07) is 15.4. The summed E-state index contributed by atoms with van der Waals surface area (Å²) in [5.41, 5.74) is 4.32. The molecular weight excluding hydrogens is 328 g/mol. The first-order chi connectivity index (χ1) is 12.7. The van der Waals surface area contributed by atoms with E-state index in [2.05, 4.69) is 17.1 Å². The summed E-state index contributed by atoms with van der Waals surface area (Å²) >= 11 is 0. The second kappa shape index (κ2) is 7.78. The molecule has 0 atom stereocenters. The van der Waals surface area contributed by atoms with Crippen molar-refractivity contribution in [2.45, 2.75) is 6.92 Å². The van der Waals surface area contributed by atoms with Crippen molar-refractivity contribution in [1.29, 1.82) is 0 Å². The third-order valence-electron chi connectivity index (χ3n) is 4.11. The van der Waals surface area contributed by atoms with Gasteiger partial charge >= 0.3 is 0 Å². The fourth-order valence-corrected chi connectivity index (χ4v) is 2.70. The molecule has 0 fully saturated rings. The second-order valence-corrected chi connectivity index (χ2v) is 5.73. The number of benzene rings is 2. The molecule has 5 heteroatoms. The standard InChI is InChI=1S/C21H22N2O3/c1-5-22-20-12-17(25-4)10-11-18(20)14(2)19-13-21(26-23-19)15-6-8-16(24-3)9-7-15/h6-13,22H,2,5H2,1,3-4H3. The Kier molecular flexibility index (Phi) is 5.27. The molecule has 0 aliphatic rings. The van der Waals surface area contributed by atoms with Crippen LogP contribution >= 0.6 is 0 Å². The Morgan fingerprint density at radius 3 is 2.38 bits per heavy atom. The maximum atomic E-state index is 5.51. The molecule has 134 valence electrons. The zero-order chi connectivity index (χ0) is 18.5. The highest BCUT2D eigenvalue weighted by Gasteiger charge is 2.14. The van der Waals surface area contributed by atoms with E-state index < -0.39 is 0 Å². The molecular formula is C21H22N2O3. The van der Waals surface area contributed by atoms with Crippen molar-refractivity contribution in [1.82, 2.24) is 5.16 Å². The minimum atomic E-state index is 0.683. The Hall–Kier alpha value is -3.21. The zero-order valence-corrected chi connectivity index (χ0v) is 15.2. The summed E-state index contributed by atoms with van der Waals surface area (Å²) in [6.45, 7) is 7.05. The topological polar surface area (TPSA) is 56.5 Å². The Labute approximate surface area is 153 Å². The number of anilines is 1. The van der Waals surface area contributed by atoms with E-state index in [1.807, 2.05) is 55.5 Å². The molecule has 0 saturated heterocycles. The molecule has 0 aliphatic heterocycles. The third-order valence-corrected chi connectivity index (χ3v) is 4.11. The van der Waals surface area contributed by atoms with Gasteiger partial charge in [0.2, 0.25) is 0 Å². The molecule has 1 heterocycles. The zero-order valence-electron chi connectivity index (χ0n) is 15.2. The van der Waals surface area contributed by atoms with Gasteiger partial charge < -0.3 is 19.3 Å². The van der Waals surface area contributed by atoms with Crippen LogP contribution in [0.4, 0.5) is 5.69 Å². The minimum Gasteiger partial charge on any atom is -0.497 e. The average Bonchev–Trinajstić information content (AvgIpc) is 3.18. The van der Waals surface area contributed by atoms with Gasteiger partial charge in [0.15, 0.2) is 5.76 Å². The number of methoxy groups -OCH3 is 2. The molecule has 0 saturated carbocycles. The fraction of sp³-hybridized carbons (Fsp3) is 0.190. The van der Waals surface area contributed by atoms with E-state index in [-0.39, 0.29) is 0 Å². The predicted octanol–water partition coefficient (Wildman–Crippen LogP) is 4.85. The fourth-order valence-electron chi connectivity index (χ4n) is 2.70. The molecule has 2 aromatic carbocycles. The highest BCUT2D eigenvalue weighted by molar-refractivity contribution is 5.85. The largest absolute Gasteiger partial charge is 0.497 e. The molecule has 3 rings (SSSR count). The third kappa shape index (κ3) is 3.57. The monoisotopic (exact) mass is 350 g/mol. The van der Waals surface area contributed by atoms with Crippen LogP contribution in [-0.4, -0.2) is 25.9 Å². The molecule has 26 heavy (non-hydrogen) atoms. The lowest BCUT2D eigenvalue weighted by Crippen LogP contribution is -2.01. The van der Waals surface area contributed by atoms with Gasteiger partial charge in [-0.2, -0.15) is 0 Å². The maximum absolute atomic E-state index is 5.51. The van der Waals surface area contributed by atoms with E-state index in [9.17, 15) is 0 Å². The van der Waals surface area contributed by atoms with Crippen molar-refractivity contribution in [2.24, 2.45) is 0 Å². The van der Waals surface area contributed by atoms with Crippen LogP contribution in [0.5, 0.6) is 11.5 Å². The van der Waals surface area contributed by atoms with Crippen molar-refractivity contribution in [3.8, 4) is 22.8 Å². The second-order valence-electron chi connectivity index (χ2n) is 5.73. The summed E-state index contributed by atoms with van der Waals surface area (Å²) in [5, 5.41) is 7.53. The number of hydrogen-bond acceptors (Lipinski definition) is 5. The van der Waals surface area contributed by atoms with Gasteiger partial charge in [-0.1, -0.05) is 11.7 Å². The Morgan fingerprint density at radius 1 is 1.04 bits per heavy atom. The molecule has 0 bridgehead atoms. The van der Waals surface area contributed by atoms with Crippen LogP contribution in [0.25, 0.3) is 16.9 Å². The number of rotatable bonds is 7. The van der Waals surface area contributed by atoms with E-state index in [1.54, 1.807) is 14.2 Å². The first-order valence-electron chi connectivity index (χ1n) is 8.39. The van der Waals surface area contributed by atoms with E-state index in [0.717, 1.165) is 40.4 Å². The predicted molar refractivity (Wildman–Crippen MR) is 104 cm³/mol. The summed E-state index contributed by atoms with van der Waals surface area (Å²) in [6.07, 6.45) is 0. The lowest BCUT2D eigenvalue weighted by molar-refractivity contribution is 0.414. The molecule has 0 aliphatic carbocycles. The lowest BCUT2D eigenvalue weighted by atomic mass is 10.0. The van der Waals surface area contributed by atoms with Crippen molar-refractivity contribution in [3.05, 3.63) is 66.4 Å². The van der Waals surface area contributed by atoms with Crippen LogP contribution in [0, 0.1) is 0 Å². The van der Waals surface area contributed by atoms with Gasteiger partial charge in [0, 0.05) is 41.1 Å². The Morgan fingerprint density at radius 2 is 1.73 bits per heavy atom. The number of nitrogens with one attached hydrogen (secondary N) is 1. The van der Waals surface area contributed by atoms with Gasteiger partial charge in [0.25, 0.3) is 0 Å². The number of ether oxygens (including phenoxy) is 2. The van der Waals surface area contributed by atoms with E-state index in [0.29, 0.717) is 11.5 Å². The van der Waals surface area contributed by atoms with Gasteiger partial charge in [0.05, 0.1) is 14.2 Å². The average molecular weight is 350 g/mol. The quantitative estimate of drug-likeness (QED) is 0.660. The molecule has 0 unspecified atom stereocenters. The summed E-state index contributed by atoms with van der Waals surface area (Å²) in [7, 11) is 3.29. The molecule has 3 aromatic rings. The molecule has 0 radical (unpaired) electrons. The van der Waals surface area contributed by atoms with Crippen molar-refractivity contribution in [3.63, 3.8) is 0 Å². The highest BCUT2D eigenvalue weighted by Crippen LogP contribution is 2.33. The molecule has 1 aromatic heterocycles. The molecule has 1 N–H and O–H groups in total. The van der Waals surface area contributed by atoms with Crippen molar-refractivity contribution >= 4 is 11.3 Å². The van der Waals surface area contributed by atoms with Gasteiger partial charge in [0.1, 0.15) is 17.2 Å². The van der Waals surface area contributed by atoms with Crippen molar-refractivity contribution in [2.75, 3.05) is 26.1 Å². The molecule has 5 nitrogen and oxygen atoms in total. The Balaban J connectivity index is 1.90. The van der Waals surface area contributed by atoms with Gasteiger partial charge in [-0.25, -0.2) is 0 Å². The highest BCUT2D eigenvalue weighted by atomic mass is 16.5. The van der Waals surface area contributed by atoms with Gasteiger partial charge in [-0.15, -0.1) is 0 Å². The van der Waals surface area contributed by atoms with Gasteiger partial charge in [-0.3, -0.25) is 0 Å². The van der Waals surface area contributed by atoms with Crippen LogP contribution in [-0.2, 0) is 0 Å². The normalized spacial score (nSPS) is 10.4. The minimum absolute atomic E-state index is 0.683. The summed E-state index contributed by atoms with van der Waals surface area (Å²) in [4.78, 5) is 0. The van der Waals surface area contributed by atoms with E-state index in [1.165, 1.54) is 0 Å². The first kappa shape index (κ1) is 17.6. The van der Waals surface area contributed by atoms with Crippen LogP contribution in [0.2, 0.25) is 0 Å². The summed E-state index contributed by atoms with van der Waals surface area (Å²) < 4.78 is 16.0. The molecule has 0 amide bonds. The number of hydrogen-bond donors (Lipinski definition) is 1. The number of nitrogens with zero attached hydrogens (tertiary/aromatic N) is 1. The van der Waals surface area contributed by atoms with Crippen LogP contribution < -0.4 is 14.8 Å². The maximum Gasteiger partial charge on any atom is 0.167 e. The van der Waals surface area contributed by atoms with Gasteiger partial charge in [-0.05, 0) is 43.3 Å². The molecule has 0 spiro atoms. The van der Waals surface area contributed by atoms with Crippen molar-refractivity contribution < 1.29 is 14.0 Å².